The van der Waals surface area contributed by atoms with Gasteiger partial charge in [0.2, 0.25) is 0 Å². The van der Waals surface area contributed by atoms with Gasteiger partial charge < -0.3 is 10.2 Å². The zero-order chi connectivity index (χ0) is 19.4. The Hall–Kier alpha value is -0.900. The normalized spacial score (nSPS) is 18.2. The van der Waals surface area contributed by atoms with Crippen LogP contribution in [0.25, 0.3) is 0 Å². The van der Waals surface area contributed by atoms with Gasteiger partial charge in [0.15, 0.2) is 0 Å². The van der Waals surface area contributed by atoms with Crippen molar-refractivity contribution in [3.63, 3.8) is 0 Å². The van der Waals surface area contributed by atoms with Gasteiger partial charge in [0, 0.05) is 13.5 Å². The van der Waals surface area contributed by atoms with E-state index in [1.807, 2.05) is 13.8 Å². The maximum absolute atomic E-state index is 10.3. The largest absolute Gasteiger partial charge is 0.481 e. The third-order valence-electron chi connectivity index (χ3n) is 3.70. The van der Waals surface area contributed by atoms with Gasteiger partial charge in [-0.3, -0.25) is 9.18 Å². The van der Waals surface area contributed by atoms with Crippen LogP contribution < -0.4 is 0 Å². The minimum absolute atomic E-state index is 0.250. The second-order valence-corrected chi connectivity index (χ2v) is 6.39. The van der Waals surface area contributed by atoms with Crippen LogP contribution in [0.3, 0.4) is 0 Å². The van der Waals surface area contributed by atoms with E-state index in [0.29, 0.717) is 11.8 Å². The molecule has 24 heavy (non-hydrogen) atoms. The maximum Gasteiger partial charge on any atom is 0.303 e. The molecule has 0 aromatic heterocycles. The van der Waals surface area contributed by atoms with Crippen molar-refractivity contribution in [1.29, 1.82) is 0 Å². The maximum atomic E-state index is 10.3. The van der Waals surface area contributed by atoms with Crippen LogP contribution >= 0.6 is 0 Å². The lowest BCUT2D eigenvalue weighted by Gasteiger charge is -2.34. The lowest BCUT2D eigenvalue weighted by molar-refractivity contribution is -0.137. The summed E-state index contributed by atoms with van der Waals surface area (Å²) >= 11 is 0. The van der Waals surface area contributed by atoms with E-state index in [1.165, 1.54) is 39.0 Å². The molecule has 0 amide bonds. The molecule has 1 aliphatic rings. The van der Waals surface area contributed by atoms with Crippen LogP contribution in [-0.4, -0.2) is 30.0 Å². The van der Waals surface area contributed by atoms with E-state index in [9.17, 15) is 9.18 Å². The van der Waals surface area contributed by atoms with E-state index in [0.717, 1.165) is 25.9 Å². The van der Waals surface area contributed by atoms with Gasteiger partial charge in [0.25, 0.3) is 0 Å². The van der Waals surface area contributed by atoms with Crippen LogP contribution in [0.4, 0.5) is 4.39 Å². The Kier molecular flexibility index (Phi) is 23.4. The highest BCUT2D eigenvalue weighted by molar-refractivity contribution is 5.66. The zero-order valence-electron chi connectivity index (χ0n) is 16.8. The quantitative estimate of drug-likeness (QED) is 0.456. The molecule has 0 aliphatic heterocycles. The van der Waals surface area contributed by atoms with Gasteiger partial charge in [-0.15, -0.1) is 0 Å². The van der Waals surface area contributed by atoms with Crippen molar-refractivity contribution < 1.29 is 19.4 Å². The molecule has 0 aromatic carbocycles. The molecule has 0 radical (unpaired) electrons. The fourth-order valence-electron chi connectivity index (χ4n) is 2.83. The highest BCUT2D eigenvalue weighted by Gasteiger charge is 2.26. The second kappa shape index (κ2) is 20.1. The summed E-state index contributed by atoms with van der Waals surface area (Å²) in [5.74, 6) is 0.155. The molecule has 0 aromatic rings. The summed E-state index contributed by atoms with van der Waals surface area (Å²) in [6.45, 7) is 9.95. The number of hydrogen-bond acceptors (Lipinski definition) is 2. The minimum Gasteiger partial charge on any atom is -0.481 e. The van der Waals surface area contributed by atoms with E-state index in [-0.39, 0.29) is 6.67 Å². The highest BCUT2D eigenvalue weighted by Crippen LogP contribution is 2.39. The van der Waals surface area contributed by atoms with E-state index in [4.69, 9.17) is 10.2 Å². The van der Waals surface area contributed by atoms with Gasteiger partial charge >= 0.3 is 5.97 Å². The Morgan fingerprint density at radius 1 is 1.25 bits per heavy atom. The smallest absolute Gasteiger partial charge is 0.303 e. The van der Waals surface area contributed by atoms with E-state index in [1.54, 1.807) is 0 Å². The van der Waals surface area contributed by atoms with E-state index >= 15 is 0 Å². The third kappa shape index (κ3) is 21.1. The summed E-state index contributed by atoms with van der Waals surface area (Å²) in [6, 6.07) is 0. The molecule has 4 heteroatoms. The number of alkyl halides is 1. The predicted molar refractivity (Wildman–Crippen MR) is 102 cm³/mol. The Morgan fingerprint density at radius 2 is 1.79 bits per heavy atom. The van der Waals surface area contributed by atoms with E-state index in [2.05, 4.69) is 26.0 Å². The number of carboxylic acid groups (broad SMARTS) is 1. The van der Waals surface area contributed by atoms with Crippen molar-refractivity contribution in [3.8, 4) is 0 Å². The second-order valence-electron chi connectivity index (χ2n) is 6.39. The summed E-state index contributed by atoms with van der Waals surface area (Å²) in [4.78, 5) is 10.3. The molecule has 0 spiro atoms. The molecular weight excluding hydrogens is 307 g/mol. The number of allylic oxidation sites excluding steroid dienone is 2. The number of aliphatic hydroxyl groups is 1. The minimum atomic E-state index is -0.688. The van der Waals surface area contributed by atoms with Crippen LogP contribution in [-0.2, 0) is 4.79 Å². The SMILES string of the molecule is CC.CC1(C)CCCC(C/C=C\CCCC(=O)O)C1.CCF.CO. The Labute approximate surface area is 149 Å². The number of carboxylic acids is 1. The molecule has 1 aliphatic carbocycles. The number of carbonyl (C=O) groups is 1. The molecule has 1 unspecified atom stereocenters. The topological polar surface area (TPSA) is 57.5 Å². The monoisotopic (exact) mass is 348 g/mol. The van der Waals surface area contributed by atoms with Crippen LogP contribution in [0, 0.1) is 11.3 Å². The highest BCUT2D eigenvalue weighted by atomic mass is 19.1. The first-order valence-electron chi connectivity index (χ1n) is 9.28. The Morgan fingerprint density at radius 3 is 2.25 bits per heavy atom. The number of aliphatic carboxylic acids is 1. The van der Waals surface area contributed by atoms with Gasteiger partial charge in [-0.2, -0.15) is 0 Å². The number of hydrogen-bond donors (Lipinski definition) is 2. The van der Waals surface area contributed by atoms with Gasteiger partial charge in [0.05, 0.1) is 6.67 Å². The number of unbranched alkanes of at least 4 members (excludes halogenated alkanes) is 1. The summed E-state index contributed by atoms with van der Waals surface area (Å²) in [6.07, 6.45) is 13.0. The first kappa shape index (κ1) is 27.9. The fraction of sp³-hybridized carbons (Fsp3) is 0.850. The molecule has 1 atom stereocenters. The van der Waals surface area contributed by atoms with Gasteiger partial charge in [-0.25, -0.2) is 0 Å². The predicted octanol–water partition coefficient (Wildman–Crippen LogP) is 6.01. The summed E-state index contributed by atoms with van der Waals surface area (Å²) in [5.41, 5.74) is 0.528. The van der Waals surface area contributed by atoms with Crippen molar-refractivity contribution in [3.05, 3.63) is 12.2 Å². The van der Waals surface area contributed by atoms with Gasteiger partial charge in [0.1, 0.15) is 0 Å². The molecule has 0 saturated heterocycles. The van der Waals surface area contributed by atoms with E-state index < -0.39 is 5.97 Å². The van der Waals surface area contributed by atoms with Crippen LogP contribution in [0.5, 0.6) is 0 Å². The first-order valence-corrected chi connectivity index (χ1v) is 9.28. The van der Waals surface area contributed by atoms with Crippen LogP contribution in [0.1, 0.15) is 86.0 Å². The number of halogens is 1. The standard InChI is InChI=1S/C15H26O2.C2H5F.C2H6.CH4O/c1-15(2)11-7-9-13(12-15)8-5-3-4-6-10-14(16)17;1-2-3;2*1-2/h3,5,13H,4,6-12H2,1-2H3,(H,16,17);2H2,1H3;1-2H3;2H,1H3/b5-3-;;;. The summed E-state index contributed by atoms with van der Waals surface area (Å²) < 4.78 is 10.3. The molecule has 0 bridgehead atoms. The molecule has 2 N–H and O–H groups in total. The lowest BCUT2D eigenvalue weighted by atomic mass is 9.71. The average molecular weight is 349 g/mol. The van der Waals surface area contributed by atoms with Crippen molar-refractivity contribution in [2.75, 3.05) is 13.8 Å². The fourth-order valence-corrected chi connectivity index (χ4v) is 2.83. The number of rotatable bonds is 6. The van der Waals surface area contributed by atoms with Crippen molar-refractivity contribution in [2.45, 2.75) is 86.0 Å². The Balaban J connectivity index is -0.000000549. The van der Waals surface area contributed by atoms with Crippen molar-refractivity contribution in [1.82, 2.24) is 0 Å². The molecule has 146 valence electrons. The molecule has 1 saturated carbocycles. The lowest BCUT2D eigenvalue weighted by Crippen LogP contribution is -2.22. The third-order valence-corrected chi connectivity index (χ3v) is 3.70. The summed E-state index contributed by atoms with van der Waals surface area (Å²) in [7, 11) is 1.00. The number of aliphatic hydroxyl groups excluding tert-OH is 1. The van der Waals surface area contributed by atoms with Gasteiger partial charge in [-0.05, 0) is 50.4 Å². The average Bonchev–Trinajstić information content (AvgIpc) is 2.54. The molecule has 0 heterocycles. The molecular formula is C20H41FO3. The molecule has 1 fully saturated rings. The first-order chi connectivity index (χ1) is 11.4. The van der Waals surface area contributed by atoms with Crippen LogP contribution in [0.2, 0.25) is 0 Å². The molecule has 1 rings (SSSR count). The van der Waals surface area contributed by atoms with Crippen molar-refractivity contribution in [2.24, 2.45) is 11.3 Å². The van der Waals surface area contributed by atoms with Crippen molar-refractivity contribution >= 4 is 5.97 Å². The Bertz CT molecular complexity index is 289. The van der Waals surface area contributed by atoms with Crippen LogP contribution in [0.15, 0.2) is 12.2 Å². The zero-order valence-corrected chi connectivity index (χ0v) is 16.8. The molecule has 3 nitrogen and oxygen atoms in total. The summed E-state index contributed by atoms with van der Waals surface area (Å²) in [5, 5.41) is 15.5. The van der Waals surface area contributed by atoms with Gasteiger partial charge in [-0.1, -0.05) is 52.7 Å².